The van der Waals surface area contributed by atoms with Gasteiger partial charge in [-0.3, -0.25) is 4.98 Å². The van der Waals surface area contributed by atoms with Gasteiger partial charge in [0, 0.05) is 25.5 Å². The molecule has 2 aromatic heterocycles. The summed E-state index contributed by atoms with van der Waals surface area (Å²) in [6.45, 7) is 1.82. The second-order valence-corrected chi connectivity index (χ2v) is 4.32. The van der Waals surface area contributed by atoms with Gasteiger partial charge in [0.1, 0.15) is 5.82 Å². The summed E-state index contributed by atoms with van der Waals surface area (Å²) in [4.78, 5) is 12.9. The fraction of sp³-hybridized carbons (Fsp3) is 0.214. The lowest BCUT2D eigenvalue weighted by Crippen LogP contribution is -2.07. The number of para-hydroxylation sites is 2. The third-order valence-corrected chi connectivity index (χ3v) is 2.91. The minimum absolute atomic E-state index is 0.823. The normalized spacial score (nSPS) is 10.7. The predicted molar refractivity (Wildman–Crippen MR) is 74.9 cm³/mol. The van der Waals surface area contributed by atoms with Crippen LogP contribution < -0.4 is 5.32 Å². The number of hydrogen-bond donors (Lipinski definition) is 1. The van der Waals surface area contributed by atoms with Crippen LogP contribution in [0.5, 0.6) is 0 Å². The minimum Gasteiger partial charge on any atom is -0.369 e. The molecule has 0 aliphatic carbocycles. The first-order chi connectivity index (χ1) is 9.42. The second kappa shape index (κ2) is 5.48. The molecule has 0 spiro atoms. The summed E-state index contributed by atoms with van der Waals surface area (Å²) in [5.41, 5.74) is 1.84. The third kappa shape index (κ3) is 2.88. The van der Waals surface area contributed by atoms with Crippen LogP contribution in [-0.4, -0.2) is 26.1 Å². The summed E-state index contributed by atoms with van der Waals surface area (Å²) in [5.74, 6) is 0.823. The van der Waals surface area contributed by atoms with E-state index in [1.54, 1.807) is 12.4 Å². The zero-order valence-electron chi connectivity index (χ0n) is 10.5. The lowest BCUT2D eigenvalue weighted by molar-refractivity contribution is 0.660. The summed E-state index contributed by atoms with van der Waals surface area (Å²) >= 11 is 0. The molecular weight excluding hydrogens is 238 g/mol. The van der Waals surface area contributed by atoms with Crippen LogP contribution in [0.15, 0.2) is 49.2 Å². The van der Waals surface area contributed by atoms with Gasteiger partial charge in [-0.25, -0.2) is 9.97 Å². The van der Waals surface area contributed by atoms with Crippen LogP contribution in [-0.2, 0) is 6.54 Å². The van der Waals surface area contributed by atoms with Crippen LogP contribution in [0.4, 0.5) is 5.82 Å². The molecule has 2 heterocycles. The number of fused-ring (bicyclic) bond motifs is 1. The molecule has 0 atom stereocenters. The van der Waals surface area contributed by atoms with Gasteiger partial charge in [0.2, 0.25) is 0 Å². The van der Waals surface area contributed by atoms with Crippen molar-refractivity contribution in [2.24, 2.45) is 0 Å². The second-order valence-electron chi connectivity index (χ2n) is 4.32. The van der Waals surface area contributed by atoms with Gasteiger partial charge in [0.05, 0.1) is 23.6 Å². The summed E-state index contributed by atoms with van der Waals surface area (Å²) in [6.07, 6.45) is 8.39. The Balaban J connectivity index is 1.56. The Labute approximate surface area is 111 Å². The van der Waals surface area contributed by atoms with Gasteiger partial charge in [0.15, 0.2) is 0 Å². The largest absolute Gasteiger partial charge is 0.369 e. The first-order valence-corrected chi connectivity index (χ1v) is 6.33. The number of hydrogen-bond acceptors (Lipinski definition) is 4. The van der Waals surface area contributed by atoms with Crippen LogP contribution in [0, 0.1) is 0 Å². The molecule has 1 aromatic carbocycles. The Kier molecular flexibility index (Phi) is 3.36. The lowest BCUT2D eigenvalue weighted by Gasteiger charge is -2.06. The van der Waals surface area contributed by atoms with Crippen molar-refractivity contribution >= 4 is 16.9 Å². The zero-order valence-corrected chi connectivity index (χ0v) is 10.5. The van der Waals surface area contributed by atoms with Gasteiger partial charge in [-0.15, -0.1) is 0 Å². The molecule has 0 amide bonds. The summed E-state index contributed by atoms with van der Waals surface area (Å²) in [5, 5.41) is 3.29. The molecule has 5 nitrogen and oxygen atoms in total. The molecule has 0 saturated heterocycles. The standard InChI is InChI=1S/C14H15N5/c1-2-5-13-12(4-1)17-10-14(18-13)16-6-3-8-19-9-7-15-11-19/h1-2,4-5,7,9-11H,3,6,8H2,(H,16,18). The van der Waals surface area contributed by atoms with E-state index >= 15 is 0 Å². The van der Waals surface area contributed by atoms with Gasteiger partial charge < -0.3 is 9.88 Å². The van der Waals surface area contributed by atoms with E-state index < -0.39 is 0 Å². The fourth-order valence-electron chi connectivity index (χ4n) is 1.94. The minimum atomic E-state index is 0.823. The maximum absolute atomic E-state index is 4.52. The summed E-state index contributed by atoms with van der Waals surface area (Å²) in [6, 6.07) is 7.87. The molecule has 19 heavy (non-hydrogen) atoms. The van der Waals surface area contributed by atoms with Crippen molar-refractivity contribution in [3.8, 4) is 0 Å². The quantitative estimate of drug-likeness (QED) is 0.709. The smallest absolute Gasteiger partial charge is 0.145 e. The van der Waals surface area contributed by atoms with Crippen molar-refractivity contribution in [2.45, 2.75) is 13.0 Å². The van der Waals surface area contributed by atoms with E-state index in [0.717, 1.165) is 36.4 Å². The zero-order chi connectivity index (χ0) is 12.9. The van der Waals surface area contributed by atoms with Gasteiger partial charge in [0.25, 0.3) is 0 Å². The summed E-state index contributed by atoms with van der Waals surface area (Å²) < 4.78 is 2.06. The molecule has 0 aliphatic rings. The molecule has 1 N–H and O–H groups in total. The number of imidazole rings is 1. The molecule has 0 bridgehead atoms. The monoisotopic (exact) mass is 253 g/mol. The van der Waals surface area contributed by atoms with Crippen molar-refractivity contribution in [2.75, 3.05) is 11.9 Å². The number of rotatable bonds is 5. The third-order valence-electron chi connectivity index (χ3n) is 2.91. The highest BCUT2D eigenvalue weighted by atomic mass is 15.0. The number of nitrogens with zero attached hydrogens (tertiary/aromatic N) is 4. The fourth-order valence-corrected chi connectivity index (χ4v) is 1.94. The Morgan fingerprint density at radius 1 is 1.16 bits per heavy atom. The lowest BCUT2D eigenvalue weighted by atomic mass is 10.3. The SMILES string of the molecule is c1ccc2nc(NCCCn3ccnc3)cnc2c1. The highest BCUT2D eigenvalue weighted by Gasteiger charge is 1.98. The number of anilines is 1. The van der Waals surface area contributed by atoms with Crippen molar-refractivity contribution in [3.63, 3.8) is 0 Å². The van der Waals surface area contributed by atoms with E-state index in [9.17, 15) is 0 Å². The topological polar surface area (TPSA) is 55.6 Å². The maximum atomic E-state index is 4.52. The van der Waals surface area contributed by atoms with Crippen LogP contribution in [0.1, 0.15) is 6.42 Å². The van der Waals surface area contributed by atoms with Crippen LogP contribution >= 0.6 is 0 Å². The van der Waals surface area contributed by atoms with Crippen LogP contribution in [0.25, 0.3) is 11.0 Å². The van der Waals surface area contributed by atoms with E-state index in [4.69, 9.17) is 0 Å². The Hall–Kier alpha value is -2.43. The molecule has 0 radical (unpaired) electrons. The number of aromatic nitrogens is 4. The Morgan fingerprint density at radius 3 is 2.89 bits per heavy atom. The van der Waals surface area contributed by atoms with Crippen molar-refractivity contribution in [1.82, 2.24) is 19.5 Å². The first kappa shape index (κ1) is 11.6. The molecule has 0 unspecified atom stereocenters. The molecule has 0 fully saturated rings. The molecule has 5 heteroatoms. The van der Waals surface area contributed by atoms with Gasteiger partial charge in [-0.1, -0.05) is 12.1 Å². The van der Waals surface area contributed by atoms with E-state index in [0.29, 0.717) is 0 Å². The van der Waals surface area contributed by atoms with Crippen LogP contribution in [0.3, 0.4) is 0 Å². The Morgan fingerprint density at radius 2 is 2.05 bits per heavy atom. The molecule has 3 rings (SSSR count). The van der Waals surface area contributed by atoms with Crippen molar-refractivity contribution < 1.29 is 0 Å². The van der Waals surface area contributed by atoms with E-state index in [-0.39, 0.29) is 0 Å². The molecular formula is C14H15N5. The highest BCUT2D eigenvalue weighted by Crippen LogP contribution is 2.11. The Bertz CT molecular complexity index is 648. The molecule has 0 saturated carbocycles. The van der Waals surface area contributed by atoms with Gasteiger partial charge in [-0.05, 0) is 18.6 Å². The summed E-state index contributed by atoms with van der Waals surface area (Å²) in [7, 11) is 0. The average Bonchev–Trinajstić information content (AvgIpc) is 2.97. The maximum Gasteiger partial charge on any atom is 0.145 e. The number of aryl methyl sites for hydroxylation is 1. The molecule has 96 valence electrons. The van der Waals surface area contributed by atoms with E-state index in [2.05, 4.69) is 24.8 Å². The number of nitrogens with one attached hydrogen (secondary N) is 1. The number of benzene rings is 1. The van der Waals surface area contributed by atoms with Gasteiger partial charge in [-0.2, -0.15) is 0 Å². The highest BCUT2D eigenvalue weighted by molar-refractivity contribution is 5.75. The average molecular weight is 253 g/mol. The molecule has 3 aromatic rings. The molecule has 0 aliphatic heterocycles. The predicted octanol–water partition coefficient (Wildman–Crippen LogP) is 2.33. The van der Waals surface area contributed by atoms with Gasteiger partial charge >= 0.3 is 0 Å². The van der Waals surface area contributed by atoms with Crippen LogP contribution in [0.2, 0.25) is 0 Å². The van der Waals surface area contributed by atoms with E-state index in [1.807, 2.05) is 36.8 Å². The first-order valence-electron chi connectivity index (χ1n) is 6.33. The van der Waals surface area contributed by atoms with Crippen molar-refractivity contribution in [1.29, 1.82) is 0 Å². The van der Waals surface area contributed by atoms with E-state index in [1.165, 1.54) is 0 Å². The van der Waals surface area contributed by atoms with Crippen molar-refractivity contribution in [3.05, 3.63) is 49.2 Å².